The molecule has 0 fully saturated rings. The summed E-state index contributed by atoms with van der Waals surface area (Å²) in [6.45, 7) is 4.59. The zero-order chi connectivity index (χ0) is 31.8. The monoisotopic (exact) mass is 618 g/mol. The molecule has 0 aromatic carbocycles. The van der Waals surface area contributed by atoms with Gasteiger partial charge in [0.25, 0.3) is 0 Å². The first-order chi connectivity index (χ1) is 22.7. The van der Waals surface area contributed by atoms with Gasteiger partial charge in [-0.2, -0.15) is 0 Å². The summed E-state index contributed by atoms with van der Waals surface area (Å²) in [4.78, 5) is 17.6. The summed E-state index contributed by atoms with van der Waals surface area (Å²) in [5, 5.41) is 0. The quantitative estimate of drug-likeness (QED) is 0.0853. The maximum atomic E-state index is 5.35. The van der Waals surface area contributed by atoms with Gasteiger partial charge in [-0.05, 0) is 86.4 Å². The fourth-order valence-electron chi connectivity index (χ4n) is 6.94. The number of unbranched alkanes of at least 4 members (excludes halogenated alkanes) is 16. The van der Waals surface area contributed by atoms with E-state index in [1.807, 2.05) is 0 Å². The zero-order valence-corrected chi connectivity index (χ0v) is 28.8. The van der Waals surface area contributed by atoms with Crippen LogP contribution in [-0.4, -0.2) is 19.9 Å². The van der Waals surface area contributed by atoms with E-state index in [4.69, 9.17) is 9.97 Å². The molecule has 0 spiro atoms. The molecule has 46 heavy (non-hydrogen) atoms. The fourth-order valence-corrected chi connectivity index (χ4v) is 6.94. The van der Waals surface area contributed by atoms with E-state index in [2.05, 4.69) is 84.5 Å². The van der Waals surface area contributed by atoms with E-state index < -0.39 is 0 Å². The Morgan fingerprint density at radius 1 is 0.435 bits per heavy atom. The Labute approximate surface area is 278 Å². The largest absolute Gasteiger partial charge is 0.355 e. The molecule has 246 valence electrons. The normalized spacial score (nSPS) is 12.4. The number of nitrogens with zero attached hydrogens (tertiary/aromatic N) is 2. The maximum Gasteiger partial charge on any atom is 0.0690 e. The highest BCUT2D eigenvalue weighted by Gasteiger charge is 2.13. The van der Waals surface area contributed by atoms with E-state index in [0.717, 1.165) is 46.7 Å². The van der Waals surface area contributed by atoms with Gasteiger partial charge in [0, 0.05) is 33.2 Å². The number of fused-ring (bicyclic) bond motifs is 8. The third-order valence-corrected chi connectivity index (χ3v) is 9.68. The van der Waals surface area contributed by atoms with Gasteiger partial charge >= 0.3 is 0 Å². The third-order valence-electron chi connectivity index (χ3n) is 9.68. The number of aryl methyl sites for hydroxylation is 2. The summed E-state index contributed by atoms with van der Waals surface area (Å²) in [6, 6.07) is 13.1. The molecule has 5 heterocycles. The summed E-state index contributed by atoms with van der Waals surface area (Å²) in [5.74, 6) is 0. The molecule has 0 amide bonds. The van der Waals surface area contributed by atoms with E-state index in [1.165, 1.54) is 138 Å². The van der Waals surface area contributed by atoms with E-state index in [1.54, 1.807) is 0 Å². The van der Waals surface area contributed by atoms with Crippen molar-refractivity contribution >= 4 is 46.4 Å². The molecule has 0 aliphatic carbocycles. The van der Waals surface area contributed by atoms with E-state index >= 15 is 0 Å². The van der Waals surface area contributed by atoms with Gasteiger partial charge in [0.2, 0.25) is 0 Å². The molecule has 0 radical (unpaired) electrons. The smallest absolute Gasteiger partial charge is 0.0690 e. The van der Waals surface area contributed by atoms with Gasteiger partial charge in [-0.1, -0.05) is 117 Å². The predicted octanol–water partition coefficient (Wildman–Crippen LogP) is 12.8. The molecule has 2 aliphatic rings. The molecular formula is C42H58N4. The standard InChI is InChI=1S/C42H58N4/c1-3-5-7-9-11-13-15-17-19-21-37-39-27-25-35(44-39)31-33-23-24-34(43-33)32-36-26-28-40(45-36)38(42-30-29-41(37)46-42)22-20-18-16-14-12-10-8-6-4-2/h23-32,44-45H,3-22H2,1-2H3. The van der Waals surface area contributed by atoms with Crippen molar-refractivity contribution in [2.45, 2.75) is 142 Å². The molecular weight excluding hydrogens is 560 g/mol. The molecule has 3 aromatic rings. The van der Waals surface area contributed by atoms with Crippen molar-refractivity contribution in [2.24, 2.45) is 0 Å². The minimum absolute atomic E-state index is 0.977. The molecule has 2 N–H and O–H groups in total. The highest BCUT2D eigenvalue weighted by Crippen LogP contribution is 2.26. The maximum absolute atomic E-state index is 5.35. The molecule has 0 atom stereocenters. The topological polar surface area (TPSA) is 57.4 Å². The van der Waals surface area contributed by atoms with Crippen LogP contribution >= 0.6 is 0 Å². The molecule has 0 saturated carbocycles. The van der Waals surface area contributed by atoms with E-state index in [9.17, 15) is 0 Å². The Morgan fingerprint density at radius 3 is 1.24 bits per heavy atom. The van der Waals surface area contributed by atoms with Crippen molar-refractivity contribution in [1.29, 1.82) is 0 Å². The number of rotatable bonds is 20. The minimum Gasteiger partial charge on any atom is -0.355 e. The van der Waals surface area contributed by atoms with Crippen molar-refractivity contribution in [1.82, 2.24) is 19.9 Å². The van der Waals surface area contributed by atoms with Crippen LogP contribution in [0.5, 0.6) is 0 Å². The highest BCUT2D eigenvalue weighted by atomic mass is 14.8. The van der Waals surface area contributed by atoms with Crippen molar-refractivity contribution in [2.75, 3.05) is 0 Å². The van der Waals surface area contributed by atoms with Crippen LogP contribution in [0.4, 0.5) is 0 Å². The first-order valence-corrected chi connectivity index (χ1v) is 18.8. The molecule has 0 unspecified atom stereocenters. The molecule has 3 aromatic heterocycles. The number of nitrogens with one attached hydrogen (secondary N) is 2. The second-order valence-electron chi connectivity index (χ2n) is 13.6. The lowest BCUT2D eigenvalue weighted by atomic mass is 10.0. The third kappa shape index (κ3) is 10.3. The van der Waals surface area contributed by atoms with Crippen LogP contribution < -0.4 is 0 Å². The SMILES string of the molecule is CCCCCCCCCCCc1c2nc(c(CCCCCCCCCCC)c3ccc(cc4nc(cc5ccc1[nH]5)C=C4)[nH]3)C=C2. The Kier molecular flexibility index (Phi) is 13.8. The Morgan fingerprint density at radius 2 is 0.826 bits per heavy atom. The van der Waals surface area contributed by atoms with Crippen LogP contribution in [-0.2, 0) is 12.8 Å². The molecule has 4 heteroatoms. The van der Waals surface area contributed by atoms with Gasteiger partial charge in [0.05, 0.1) is 22.8 Å². The van der Waals surface area contributed by atoms with Gasteiger partial charge in [-0.3, -0.25) is 0 Å². The number of aromatic amines is 2. The Bertz CT molecular complexity index is 1470. The van der Waals surface area contributed by atoms with E-state index in [-0.39, 0.29) is 0 Å². The van der Waals surface area contributed by atoms with Crippen molar-refractivity contribution < 1.29 is 0 Å². The Hall–Kier alpha value is -3.40. The van der Waals surface area contributed by atoms with Crippen LogP contribution in [0.3, 0.4) is 0 Å². The summed E-state index contributed by atoms with van der Waals surface area (Å²) in [7, 11) is 0. The number of hydrogen-bond donors (Lipinski definition) is 2. The van der Waals surface area contributed by atoms with Crippen LogP contribution in [0.1, 0.15) is 163 Å². The summed E-state index contributed by atoms with van der Waals surface area (Å²) in [5.41, 5.74) is 11.4. The second kappa shape index (κ2) is 18.7. The van der Waals surface area contributed by atoms with Gasteiger partial charge < -0.3 is 9.97 Å². The van der Waals surface area contributed by atoms with Gasteiger partial charge in [-0.25, -0.2) is 9.97 Å². The molecule has 8 bridgehead atoms. The molecule has 5 rings (SSSR count). The second-order valence-corrected chi connectivity index (χ2v) is 13.6. The summed E-state index contributed by atoms with van der Waals surface area (Å²) < 4.78 is 0. The average Bonchev–Trinajstić information content (AvgIpc) is 3.89. The zero-order valence-electron chi connectivity index (χ0n) is 28.8. The van der Waals surface area contributed by atoms with E-state index in [0.29, 0.717) is 0 Å². The number of hydrogen-bond acceptors (Lipinski definition) is 2. The minimum atomic E-state index is 0.977. The Balaban J connectivity index is 1.39. The number of aromatic nitrogens is 4. The highest BCUT2D eigenvalue weighted by molar-refractivity contribution is 5.81. The van der Waals surface area contributed by atoms with Gasteiger partial charge in [-0.15, -0.1) is 0 Å². The van der Waals surface area contributed by atoms with Crippen molar-refractivity contribution in [3.05, 3.63) is 70.3 Å². The summed E-state index contributed by atoms with van der Waals surface area (Å²) >= 11 is 0. The molecule has 0 saturated heterocycles. The van der Waals surface area contributed by atoms with Gasteiger partial charge in [0.1, 0.15) is 0 Å². The van der Waals surface area contributed by atoms with Crippen molar-refractivity contribution in [3.8, 4) is 0 Å². The fraction of sp³-hybridized carbons (Fsp3) is 0.524. The first-order valence-electron chi connectivity index (χ1n) is 18.8. The molecule has 2 aliphatic heterocycles. The summed E-state index contributed by atoms with van der Waals surface area (Å²) in [6.07, 6.45) is 34.9. The van der Waals surface area contributed by atoms with Gasteiger partial charge in [0.15, 0.2) is 0 Å². The first kappa shape index (κ1) is 33.9. The predicted molar refractivity (Wildman–Crippen MR) is 201 cm³/mol. The van der Waals surface area contributed by atoms with Crippen molar-refractivity contribution in [3.63, 3.8) is 0 Å². The van der Waals surface area contributed by atoms with Crippen LogP contribution in [0.2, 0.25) is 0 Å². The average molecular weight is 619 g/mol. The molecule has 4 nitrogen and oxygen atoms in total. The number of H-pyrrole nitrogens is 2. The van der Waals surface area contributed by atoms with Crippen LogP contribution in [0.25, 0.3) is 46.4 Å². The lowest BCUT2D eigenvalue weighted by molar-refractivity contribution is 0.564. The van der Waals surface area contributed by atoms with Crippen LogP contribution in [0.15, 0.2) is 36.4 Å². The van der Waals surface area contributed by atoms with Crippen LogP contribution in [0, 0.1) is 0 Å². The lowest BCUT2D eigenvalue weighted by Crippen LogP contribution is -1.94. The lowest BCUT2D eigenvalue weighted by Gasteiger charge is -2.06.